The second-order valence-corrected chi connectivity index (χ2v) is 8.46. The van der Waals surface area contributed by atoms with Crippen molar-refractivity contribution in [3.8, 4) is 17.6 Å². The number of hydrogen-bond donors (Lipinski definition) is 1. The highest BCUT2D eigenvalue weighted by molar-refractivity contribution is 6.30. The van der Waals surface area contributed by atoms with Gasteiger partial charge in [-0.15, -0.1) is 0 Å². The van der Waals surface area contributed by atoms with Gasteiger partial charge in [-0.2, -0.15) is 5.26 Å². The third-order valence-corrected chi connectivity index (χ3v) is 6.38. The Balaban J connectivity index is 1.79. The molecule has 3 atom stereocenters. The van der Waals surface area contributed by atoms with Crippen LogP contribution in [0.5, 0.6) is 11.5 Å². The van der Waals surface area contributed by atoms with E-state index in [2.05, 4.69) is 17.5 Å². The Kier molecular flexibility index (Phi) is 6.25. The molecule has 5 nitrogen and oxygen atoms in total. The van der Waals surface area contributed by atoms with Crippen molar-refractivity contribution in [2.75, 3.05) is 13.7 Å². The number of allylic oxidation sites excluding steroid dienone is 4. The fraction of sp³-hybridized carbons (Fsp3) is 0.308. The van der Waals surface area contributed by atoms with Gasteiger partial charge in [-0.1, -0.05) is 35.9 Å². The summed E-state index contributed by atoms with van der Waals surface area (Å²) < 4.78 is 11.2. The van der Waals surface area contributed by atoms with Crippen molar-refractivity contribution in [1.82, 2.24) is 5.32 Å². The van der Waals surface area contributed by atoms with Gasteiger partial charge in [0.1, 0.15) is 5.78 Å². The van der Waals surface area contributed by atoms with Crippen LogP contribution in [0.25, 0.3) is 0 Å². The fourth-order valence-corrected chi connectivity index (χ4v) is 4.78. The molecule has 6 heteroatoms. The molecule has 0 fully saturated rings. The molecule has 0 radical (unpaired) electrons. The van der Waals surface area contributed by atoms with Crippen molar-refractivity contribution in [3.63, 3.8) is 0 Å². The number of benzene rings is 2. The van der Waals surface area contributed by atoms with Crippen LogP contribution in [0.1, 0.15) is 43.2 Å². The maximum Gasteiger partial charge on any atom is 0.161 e. The molecular weight excluding hydrogens is 424 g/mol. The van der Waals surface area contributed by atoms with E-state index < -0.39 is 5.92 Å². The van der Waals surface area contributed by atoms with Gasteiger partial charge in [0, 0.05) is 34.7 Å². The number of ketones is 1. The monoisotopic (exact) mass is 448 g/mol. The van der Waals surface area contributed by atoms with Crippen LogP contribution in [0.15, 0.2) is 65.5 Å². The van der Waals surface area contributed by atoms with Crippen LogP contribution < -0.4 is 14.8 Å². The molecular formula is C26H25ClN2O3. The lowest BCUT2D eigenvalue weighted by Gasteiger charge is -2.38. The number of Topliss-reactive ketones (excluding diaryl/α,β-unsaturated/α-hetero) is 1. The number of halogens is 1. The number of nitriles is 1. The third kappa shape index (κ3) is 3.99. The largest absolute Gasteiger partial charge is 0.493 e. The van der Waals surface area contributed by atoms with Crippen LogP contribution in [0.3, 0.4) is 0 Å². The van der Waals surface area contributed by atoms with Crippen molar-refractivity contribution < 1.29 is 14.3 Å². The summed E-state index contributed by atoms with van der Waals surface area (Å²) in [7, 11) is 1.59. The van der Waals surface area contributed by atoms with Crippen LogP contribution in [0, 0.1) is 17.2 Å². The van der Waals surface area contributed by atoms with E-state index in [4.69, 9.17) is 21.1 Å². The van der Waals surface area contributed by atoms with Crippen LogP contribution in [-0.2, 0) is 4.79 Å². The second-order valence-electron chi connectivity index (χ2n) is 8.02. The van der Waals surface area contributed by atoms with Gasteiger partial charge in [-0.25, -0.2) is 0 Å². The average molecular weight is 449 g/mol. The Hall–Kier alpha value is -3.23. The molecule has 1 aliphatic heterocycles. The summed E-state index contributed by atoms with van der Waals surface area (Å²) in [5.74, 6) is 0.472. The summed E-state index contributed by atoms with van der Waals surface area (Å²) in [5.41, 5.74) is 4.07. The Bertz CT molecular complexity index is 1140. The Morgan fingerprint density at radius 1 is 1.12 bits per heavy atom. The molecule has 0 saturated heterocycles. The lowest BCUT2D eigenvalue weighted by molar-refractivity contribution is -0.123. The highest BCUT2D eigenvalue weighted by Gasteiger charge is 2.43. The topological polar surface area (TPSA) is 71.3 Å². The summed E-state index contributed by atoms with van der Waals surface area (Å²) in [6, 6.07) is 15.6. The number of ether oxygens (including phenoxy) is 2. The molecule has 1 aliphatic carbocycles. The quantitative estimate of drug-likeness (QED) is 0.654. The zero-order valence-electron chi connectivity index (χ0n) is 18.3. The minimum atomic E-state index is -0.445. The van der Waals surface area contributed by atoms with Crippen molar-refractivity contribution >= 4 is 17.4 Å². The van der Waals surface area contributed by atoms with Gasteiger partial charge in [0.25, 0.3) is 0 Å². The summed E-state index contributed by atoms with van der Waals surface area (Å²) >= 11 is 6.03. The van der Waals surface area contributed by atoms with E-state index in [1.807, 2.05) is 56.3 Å². The first-order chi connectivity index (χ1) is 15.5. The smallest absolute Gasteiger partial charge is 0.161 e. The maximum atomic E-state index is 13.5. The van der Waals surface area contributed by atoms with Gasteiger partial charge in [0.2, 0.25) is 0 Å². The Labute approximate surface area is 193 Å². The molecule has 0 amide bonds. The molecule has 0 saturated carbocycles. The first kappa shape index (κ1) is 22.0. The molecule has 32 heavy (non-hydrogen) atoms. The average Bonchev–Trinajstić information content (AvgIpc) is 2.79. The summed E-state index contributed by atoms with van der Waals surface area (Å²) in [4.78, 5) is 13.5. The number of methoxy groups -OCH3 is 1. The number of fused-ring (bicyclic) bond motifs is 1. The van der Waals surface area contributed by atoms with E-state index in [1.54, 1.807) is 7.11 Å². The lowest BCUT2D eigenvalue weighted by Crippen LogP contribution is -2.39. The minimum absolute atomic E-state index is 0.0366. The van der Waals surface area contributed by atoms with Crippen molar-refractivity contribution in [2.24, 2.45) is 5.92 Å². The Morgan fingerprint density at radius 3 is 2.50 bits per heavy atom. The lowest BCUT2D eigenvalue weighted by atomic mass is 9.69. The molecule has 2 aliphatic rings. The molecule has 164 valence electrons. The zero-order chi connectivity index (χ0) is 22.8. The van der Waals surface area contributed by atoms with E-state index in [-0.39, 0.29) is 17.6 Å². The maximum absolute atomic E-state index is 13.5. The number of carbonyl (C=O) groups is 1. The number of hydrogen-bond acceptors (Lipinski definition) is 5. The molecule has 0 spiro atoms. The van der Waals surface area contributed by atoms with E-state index in [1.165, 1.54) is 0 Å². The summed E-state index contributed by atoms with van der Waals surface area (Å²) in [6.45, 7) is 4.31. The number of rotatable bonds is 5. The van der Waals surface area contributed by atoms with Gasteiger partial charge >= 0.3 is 0 Å². The van der Waals surface area contributed by atoms with Crippen molar-refractivity contribution in [2.45, 2.75) is 32.1 Å². The Morgan fingerprint density at radius 2 is 1.84 bits per heavy atom. The molecule has 0 bridgehead atoms. The van der Waals surface area contributed by atoms with Gasteiger partial charge in [-0.05, 0) is 49.2 Å². The molecule has 1 N–H and O–H groups in total. The second kappa shape index (κ2) is 9.10. The van der Waals surface area contributed by atoms with E-state index in [0.717, 1.165) is 22.5 Å². The van der Waals surface area contributed by atoms with E-state index in [9.17, 15) is 10.1 Å². The molecule has 3 unspecified atom stereocenters. The van der Waals surface area contributed by atoms with E-state index >= 15 is 0 Å². The first-order valence-corrected chi connectivity index (χ1v) is 11.0. The SMILES string of the molecule is CCOc1ccc(C2C(C#N)=C(C)NC3=CC(c4ccc(Cl)cc4)CC(=O)C32)cc1OC. The van der Waals surface area contributed by atoms with Crippen LogP contribution in [-0.4, -0.2) is 19.5 Å². The number of nitrogens with one attached hydrogen (secondary N) is 1. The highest BCUT2D eigenvalue weighted by Crippen LogP contribution is 2.47. The fourth-order valence-electron chi connectivity index (χ4n) is 4.65. The first-order valence-electron chi connectivity index (χ1n) is 10.6. The number of carbonyl (C=O) groups excluding carboxylic acids is 1. The number of nitrogens with zero attached hydrogens (tertiary/aromatic N) is 1. The van der Waals surface area contributed by atoms with Gasteiger partial charge in [0.05, 0.1) is 31.3 Å². The predicted molar refractivity (Wildman–Crippen MR) is 124 cm³/mol. The van der Waals surface area contributed by atoms with Gasteiger partial charge in [-0.3, -0.25) is 4.79 Å². The van der Waals surface area contributed by atoms with Crippen LogP contribution in [0.4, 0.5) is 0 Å². The molecule has 2 aromatic rings. The zero-order valence-corrected chi connectivity index (χ0v) is 19.1. The van der Waals surface area contributed by atoms with Gasteiger partial charge < -0.3 is 14.8 Å². The summed E-state index contributed by atoms with van der Waals surface area (Å²) in [6.07, 6.45) is 2.49. The molecule has 2 aromatic carbocycles. The van der Waals surface area contributed by atoms with E-state index in [0.29, 0.717) is 35.1 Å². The molecule has 1 heterocycles. The van der Waals surface area contributed by atoms with Crippen LogP contribution in [0.2, 0.25) is 5.02 Å². The molecule has 0 aromatic heterocycles. The normalized spacial score (nSPS) is 22.4. The predicted octanol–water partition coefficient (Wildman–Crippen LogP) is 5.49. The standard InChI is InChI=1S/C26H25ClN2O3/c1-4-32-23-10-7-17(13-24(23)31-3)25-20(14-28)15(2)29-21-11-18(12-22(30)26(21)25)16-5-8-19(27)9-6-16/h5-11,13,18,25-26,29H,4,12H2,1-3H3. The highest BCUT2D eigenvalue weighted by atomic mass is 35.5. The molecule has 4 rings (SSSR count). The minimum Gasteiger partial charge on any atom is -0.493 e. The van der Waals surface area contributed by atoms with Crippen LogP contribution >= 0.6 is 11.6 Å². The van der Waals surface area contributed by atoms with Crippen molar-refractivity contribution in [1.29, 1.82) is 5.26 Å². The van der Waals surface area contributed by atoms with Gasteiger partial charge in [0.15, 0.2) is 11.5 Å². The summed E-state index contributed by atoms with van der Waals surface area (Å²) in [5, 5.41) is 13.9. The van der Waals surface area contributed by atoms with Crippen molar-refractivity contribution in [3.05, 3.63) is 81.7 Å². The third-order valence-electron chi connectivity index (χ3n) is 6.13.